The highest BCUT2D eigenvalue weighted by molar-refractivity contribution is 7.89. The van der Waals surface area contributed by atoms with Crippen LogP contribution in [0.5, 0.6) is 0 Å². The zero-order chi connectivity index (χ0) is 12.0. The van der Waals surface area contributed by atoms with Crippen molar-refractivity contribution in [1.82, 2.24) is 9.62 Å². The number of piperidine rings is 1. The molecule has 1 aliphatic heterocycles. The van der Waals surface area contributed by atoms with E-state index in [1.165, 1.54) is 19.3 Å². The smallest absolute Gasteiger partial charge is 0.225 e. The van der Waals surface area contributed by atoms with E-state index in [-0.39, 0.29) is 6.04 Å². The Morgan fingerprint density at radius 3 is 2.56 bits per heavy atom. The third kappa shape index (κ3) is 4.92. The normalized spacial score (nSPS) is 20.2. The largest absolute Gasteiger partial charge is 0.302 e. The van der Waals surface area contributed by atoms with Crippen molar-refractivity contribution in [2.75, 3.05) is 25.4 Å². The van der Waals surface area contributed by atoms with E-state index in [0.29, 0.717) is 0 Å². The molecule has 1 fully saturated rings. The number of rotatable bonds is 5. The second-order valence-corrected chi connectivity index (χ2v) is 6.05. The minimum atomic E-state index is -3.42. The molecule has 1 atom stereocenters. The van der Waals surface area contributed by atoms with E-state index in [1.807, 2.05) is 6.92 Å². The molecule has 1 unspecified atom stereocenters. The molecule has 5 nitrogen and oxygen atoms in total. The van der Waals surface area contributed by atoms with E-state index in [2.05, 4.69) is 9.62 Å². The Morgan fingerprint density at radius 1 is 1.38 bits per heavy atom. The summed E-state index contributed by atoms with van der Waals surface area (Å²) < 4.78 is 25.2. The Morgan fingerprint density at radius 2 is 2.00 bits per heavy atom. The molecular weight excluding hydrogens is 226 g/mol. The van der Waals surface area contributed by atoms with Crippen LogP contribution in [-0.2, 0) is 10.0 Å². The summed E-state index contributed by atoms with van der Waals surface area (Å²) in [6.45, 7) is 4.66. The molecule has 6 heteroatoms. The summed E-state index contributed by atoms with van der Waals surface area (Å²) >= 11 is 0. The van der Waals surface area contributed by atoms with Gasteiger partial charge in [0, 0.05) is 12.6 Å². The van der Waals surface area contributed by atoms with Gasteiger partial charge in [-0.1, -0.05) is 6.42 Å². The lowest BCUT2D eigenvalue weighted by molar-refractivity contribution is 0.215. The molecule has 0 amide bonds. The molecule has 1 N–H and O–H groups in total. The first-order valence-electron chi connectivity index (χ1n) is 5.63. The van der Waals surface area contributed by atoms with Gasteiger partial charge in [-0.15, -0.1) is 0 Å². The zero-order valence-corrected chi connectivity index (χ0v) is 10.5. The number of hydrogen-bond acceptors (Lipinski definition) is 4. The molecule has 1 heterocycles. The predicted molar refractivity (Wildman–Crippen MR) is 62.3 cm³/mol. The van der Waals surface area contributed by atoms with E-state index in [4.69, 9.17) is 5.26 Å². The summed E-state index contributed by atoms with van der Waals surface area (Å²) in [4.78, 5) is 2.27. The molecule has 1 aliphatic rings. The number of nitriles is 1. The van der Waals surface area contributed by atoms with E-state index in [9.17, 15) is 8.42 Å². The van der Waals surface area contributed by atoms with Gasteiger partial charge >= 0.3 is 0 Å². The lowest BCUT2D eigenvalue weighted by Crippen LogP contribution is -2.44. The Bertz CT molecular complexity index is 342. The first-order valence-corrected chi connectivity index (χ1v) is 7.28. The maximum Gasteiger partial charge on any atom is 0.225 e. The molecule has 0 spiro atoms. The van der Waals surface area contributed by atoms with Gasteiger partial charge in [-0.3, -0.25) is 0 Å². The molecule has 0 aromatic carbocycles. The third-order valence-corrected chi connectivity index (χ3v) is 3.89. The van der Waals surface area contributed by atoms with Crippen LogP contribution in [0.2, 0.25) is 0 Å². The van der Waals surface area contributed by atoms with Gasteiger partial charge in [0.2, 0.25) is 10.0 Å². The van der Waals surface area contributed by atoms with Crippen LogP contribution in [0.4, 0.5) is 0 Å². The van der Waals surface area contributed by atoms with Gasteiger partial charge in [0.25, 0.3) is 0 Å². The van der Waals surface area contributed by atoms with Gasteiger partial charge in [0.1, 0.15) is 0 Å². The van der Waals surface area contributed by atoms with Crippen LogP contribution in [0.25, 0.3) is 0 Å². The van der Waals surface area contributed by atoms with Crippen LogP contribution < -0.4 is 4.72 Å². The Balaban J connectivity index is 2.35. The van der Waals surface area contributed by atoms with Crippen LogP contribution in [0.1, 0.15) is 26.2 Å². The Hall–Kier alpha value is -0.640. The number of nitrogens with zero attached hydrogens (tertiary/aromatic N) is 2. The first kappa shape index (κ1) is 13.4. The molecule has 1 saturated heterocycles. The van der Waals surface area contributed by atoms with Gasteiger partial charge in [-0.05, 0) is 32.9 Å². The number of nitrogens with one attached hydrogen (secondary N) is 1. The van der Waals surface area contributed by atoms with Crippen molar-refractivity contribution in [1.29, 1.82) is 5.26 Å². The summed E-state index contributed by atoms with van der Waals surface area (Å²) in [5.74, 6) is -0.461. The average Bonchev–Trinajstić information content (AvgIpc) is 2.17. The Labute approximate surface area is 97.5 Å². The van der Waals surface area contributed by atoms with E-state index in [0.717, 1.165) is 19.6 Å². The second kappa shape index (κ2) is 6.18. The maximum absolute atomic E-state index is 11.3. The summed E-state index contributed by atoms with van der Waals surface area (Å²) in [5.41, 5.74) is 0. The van der Waals surface area contributed by atoms with Crippen molar-refractivity contribution < 1.29 is 8.42 Å². The van der Waals surface area contributed by atoms with Gasteiger partial charge < -0.3 is 4.90 Å². The van der Waals surface area contributed by atoms with E-state index >= 15 is 0 Å². The average molecular weight is 245 g/mol. The standard InChI is InChI=1S/C10H19N3O2S/c1-10(12-16(14,15)8-5-11)9-13-6-3-2-4-7-13/h10,12H,2-4,6-9H2,1H3. The highest BCUT2D eigenvalue weighted by atomic mass is 32.2. The van der Waals surface area contributed by atoms with Crippen molar-refractivity contribution in [3.8, 4) is 6.07 Å². The molecule has 16 heavy (non-hydrogen) atoms. The molecular formula is C10H19N3O2S. The fourth-order valence-electron chi connectivity index (χ4n) is 2.00. The molecule has 0 aromatic heterocycles. The quantitative estimate of drug-likeness (QED) is 0.756. The van der Waals surface area contributed by atoms with Crippen molar-refractivity contribution in [2.24, 2.45) is 0 Å². The van der Waals surface area contributed by atoms with Crippen molar-refractivity contribution in [2.45, 2.75) is 32.2 Å². The van der Waals surface area contributed by atoms with Crippen LogP contribution in [-0.4, -0.2) is 44.7 Å². The summed E-state index contributed by atoms with van der Waals surface area (Å²) in [6.07, 6.45) is 3.65. The molecule has 0 aromatic rings. The highest BCUT2D eigenvalue weighted by Gasteiger charge is 2.17. The first-order chi connectivity index (χ1) is 7.53. The van der Waals surface area contributed by atoms with E-state index in [1.54, 1.807) is 6.07 Å². The minimum Gasteiger partial charge on any atom is -0.302 e. The number of sulfonamides is 1. The molecule has 0 radical (unpaired) electrons. The topological polar surface area (TPSA) is 73.2 Å². The van der Waals surface area contributed by atoms with Crippen molar-refractivity contribution in [3.05, 3.63) is 0 Å². The minimum absolute atomic E-state index is 0.128. The van der Waals surface area contributed by atoms with Crippen LogP contribution in [0.3, 0.4) is 0 Å². The molecule has 1 rings (SSSR count). The fourth-order valence-corrected chi connectivity index (χ4v) is 2.94. The molecule has 0 saturated carbocycles. The van der Waals surface area contributed by atoms with Crippen LogP contribution in [0, 0.1) is 11.3 Å². The second-order valence-electron chi connectivity index (χ2n) is 4.30. The van der Waals surface area contributed by atoms with Gasteiger partial charge in [0.05, 0.1) is 6.07 Å². The molecule has 92 valence electrons. The Kier molecular flexibility index (Phi) is 5.19. The highest BCUT2D eigenvalue weighted by Crippen LogP contribution is 2.08. The van der Waals surface area contributed by atoms with Crippen LogP contribution >= 0.6 is 0 Å². The van der Waals surface area contributed by atoms with E-state index < -0.39 is 15.8 Å². The fraction of sp³-hybridized carbons (Fsp3) is 0.900. The van der Waals surface area contributed by atoms with Crippen molar-refractivity contribution >= 4 is 10.0 Å². The zero-order valence-electron chi connectivity index (χ0n) is 9.65. The summed E-state index contributed by atoms with van der Waals surface area (Å²) in [5, 5.41) is 8.36. The predicted octanol–water partition coefficient (Wildman–Crippen LogP) is 0.304. The monoisotopic (exact) mass is 245 g/mol. The summed E-state index contributed by atoms with van der Waals surface area (Å²) in [7, 11) is -3.42. The third-order valence-electron chi connectivity index (χ3n) is 2.62. The van der Waals surface area contributed by atoms with Crippen molar-refractivity contribution in [3.63, 3.8) is 0 Å². The lowest BCUT2D eigenvalue weighted by Gasteiger charge is -2.29. The molecule has 0 aliphatic carbocycles. The van der Waals surface area contributed by atoms with Crippen LogP contribution in [0.15, 0.2) is 0 Å². The lowest BCUT2D eigenvalue weighted by atomic mass is 10.1. The van der Waals surface area contributed by atoms with Gasteiger partial charge in [-0.2, -0.15) is 5.26 Å². The SMILES string of the molecule is CC(CN1CCCCC1)NS(=O)(=O)CC#N. The molecule has 0 bridgehead atoms. The number of hydrogen-bond donors (Lipinski definition) is 1. The maximum atomic E-state index is 11.3. The van der Waals surface area contributed by atoms with Gasteiger partial charge in [-0.25, -0.2) is 13.1 Å². The summed E-state index contributed by atoms with van der Waals surface area (Å²) in [6, 6.07) is 1.52. The number of likely N-dealkylation sites (tertiary alicyclic amines) is 1. The van der Waals surface area contributed by atoms with Gasteiger partial charge in [0.15, 0.2) is 5.75 Å².